The van der Waals surface area contributed by atoms with Crippen molar-refractivity contribution >= 4 is 39.9 Å². The van der Waals surface area contributed by atoms with E-state index in [9.17, 15) is 0 Å². The van der Waals surface area contributed by atoms with Crippen molar-refractivity contribution in [3.05, 3.63) is 60.0 Å². The number of anilines is 1. The van der Waals surface area contributed by atoms with Crippen molar-refractivity contribution in [2.75, 3.05) is 44.0 Å². The second kappa shape index (κ2) is 14.7. The molecule has 0 N–H and O–H groups in total. The second-order valence-electron chi connectivity index (χ2n) is 7.89. The lowest BCUT2D eigenvalue weighted by Gasteiger charge is -2.33. The van der Waals surface area contributed by atoms with Crippen LogP contribution in [0.4, 0.5) is 10.2 Å². The second-order valence-corrected chi connectivity index (χ2v) is 8.20. The molecule has 2 aliphatic rings. The first kappa shape index (κ1) is 29.5. The summed E-state index contributed by atoms with van der Waals surface area (Å²) in [5.74, 6) is 2.02. The topological polar surface area (TPSA) is 50.1 Å². The van der Waals surface area contributed by atoms with Gasteiger partial charge in [-0.3, -0.25) is 4.57 Å². The minimum Gasteiger partial charge on any atom is -0.352 e. The van der Waals surface area contributed by atoms with Crippen LogP contribution in [0.5, 0.6) is 0 Å². The van der Waals surface area contributed by atoms with Gasteiger partial charge in [-0.25, -0.2) is 19.3 Å². The van der Waals surface area contributed by atoms with Crippen molar-refractivity contribution in [2.24, 2.45) is 0 Å². The maximum absolute atomic E-state index is 15.1. The number of hydrogen-bond donors (Lipinski definition) is 0. The Labute approximate surface area is 220 Å². The molecule has 0 atom stereocenters. The molecule has 6 nitrogen and oxygen atoms in total. The molecule has 0 radical (unpaired) electrons. The summed E-state index contributed by atoms with van der Waals surface area (Å²) in [6.07, 6.45) is 13.3. The van der Waals surface area contributed by atoms with Crippen LogP contribution < -0.4 is 4.90 Å². The smallest absolute Gasteiger partial charge is 0.170 e. The van der Waals surface area contributed by atoms with Gasteiger partial charge in [0.1, 0.15) is 17.5 Å². The van der Waals surface area contributed by atoms with Crippen LogP contribution in [0.2, 0.25) is 0 Å². The van der Waals surface area contributed by atoms with E-state index in [1.54, 1.807) is 6.08 Å². The Kier molecular flexibility index (Phi) is 12.0. The van der Waals surface area contributed by atoms with Crippen LogP contribution in [0, 0.1) is 6.92 Å². The Hall–Kier alpha value is -2.77. The number of hydrogen-bond acceptors (Lipinski definition) is 5. The minimum absolute atomic E-state index is 0.321. The summed E-state index contributed by atoms with van der Waals surface area (Å²) in [7, 11) is 2.12. The number of likely N-dealkylation sites (N-methyl/N-ethyl adjacent to an activating group) is 1. The zero-order valence-corrected chi connectivity index (χ0v) is 23.5. The molecule has 2 aromatic rings. The first-order valence-electron chi connectivity index (χ1n) is 12.9. The molecular formula is C28H40ClFN6. The molecule has 1 aliphatic heterocycles. The van der Waals surface area contributed by atoms with Gasteiger partial charge in [0, 0.05) is 43.3 Å². The van der Waals surface area contributed by atoms with Gasteiger partial charge in [0.15, 0.2) is 17.0 Å². The van der Waals surface area contributed by atoms with Crippen LogP contribution in [0.1, 0.15) is 52.7 Å². The van der Waals surface area contributed by atoms with Gasteiger partial charge in [0.25, 0.3) is 0 Å². The average molecular weight is 515 g/mol. The van der Waals surface area contributed by atoms with E-state index < -0.39 is 0 Å². The molecule has 0 spiro atoms. The molecule has 1 fully saturated rings. The van der Waals surface area contributed by atoms with Crippen molar-refractivity contribution in [2.45, 2.75) is 48.0 Å². The summed E-state index contributed by atoms with van der Waals surface area (Å²) in [5.41, 5.74) is 2.63. The standard InChI is InChI=1S/C24H28ClFN6.2C2H6/c1-4-18(9-8-12-25)32-22(19-10-6-5-7-11-20(19)26)29-21-23(27-17(2)28-24(21)32)31-15-13-30(3)14-16-31;2*1-2/h4-5,7-11H,6,12-16H2,1-3H3;2*1-2H3/b9-8-,18-4+;;. The van der Waals surface area contributed by atoms with E-state index in [1.165, 1.54) is 6.08 Å². The molecule has 0 bridgehead atoms. The molecule has 196 valence electrons. The van der Waals surface area contributed by atoms with Gasteiger partial charge in [0.2, 0.25) is 0 Å². The fraction of sp³-hybridized carbons (Fsp3) is 0.464. The number of nitrogens with zero attached hydrogens (tertiary/aromatic N) is 6. The molecule has 36 heavy (non-hydrogen) atoms. The highest BCUT2D eigenvalue weighted by molar-refractivity contribution is 6.19. The van der Waals surface area contributed by atoms with Crippen molar-refractivity contribution in [1.29, 1.82) is 0 Å². The van der Waals surface area contributed by atoms with Gasteiger partial charge in [0.05, 0.1) is 0 Å². The van der Waals surface area contributed by atoms with E-state index in [4.69, 9.17) is 26.6 Å². The predicted octanol–water partition coefficient (Wildman–Crippen LogP) is 6.79. The number of aryl methyl sites for hydroxylation is 1. The van der Waals surface area contributed by atoms with Crippen LogP contribution in [0.15, 0.2) is 48.4 Å². The fourth-order valence-electron chi connectivity index (χ4n) is 3.98. The van der Waals surface area contributed by atoms with Crippen LogP contribution >= 0.6 is 11.6 Å². The SMILES string of the molecule is C/C=C(\C=C/CCl)n1c(C2=CCC=CC=C2F)nc2c(N3CCN(C)CC3)nc(C)nc21.CC.CC. The van der Waals surface area contributed by atoms with Gasteiger partial charge in [-0.15, -0.1) is 11.6 Å². The highest BCUT2D eigenvalue weighted by atomic mass is 35.5. The third-order valence-corrected chi connectivity index (χ3v) is 5.85. The van der Waals surface area contributed by atoms with Crippen LogP contribution in [0.3, 0.4) is 0 Å². The Morgan fingerprint density at radius 2 is 1.78 bits per heavy atom. The first-order chi connectivity index (χ1) is 17.5. The predicted molar refractivity (Wildman–Crippen MR) is 153 cm³/mol. The summed E-state index contributed by atoms with van der Waals surface area (Å²) in [5, 5.41) is 0. The van der Waals surface area contributed by atoms with Crippen LogP contribution in [-0.4, -0.2) is 63.5 Å². The normalized spacial score (nSPS) is 16.7. The summed E-state index contributed by atoms with van der Waals surface area (Å²) in [6.45, 7) is 15.4. The van der Waals surface area contributed by atoms with Crippen LogP contribution in [-0.2, 0) is 0 Å². The Bertz CT molecular complexity index is 1150. The number of fused-ring (bicyclic) bond motifs is 1. The molecular weight excluding hydrogens is 475 g/mol. The maximum atomic E-state index is 15.1. The summed E-state index contributed by atoms with van der Waals surface area (Å²) >= 11 is 5.92. The zero-order chi connectivity index (χ0) is 26.7. The lowest BCUT2D eigenvalue weighted by molar-refractivity contribution is 0.312. The quantitative estimate of drug-likeness (QED) is 0.324. The number of aromatic nitrogens is 4. The van der Waals surface area contributed by atoms with Gasteiger partial charge in [-0.1, -0.05) is 58.1 Å². The molecule has 0 aromatic carbocycles. The Morgan fingerprint density at radius 1 is 1.08 bits per heavy atom. The lowest BCUT2D eigenvalue weighted by atomic mass is 10.2. The van der Waals surface area contributed by atoms with Gasteiger partial charge in [-0.05, 0) is 39.5 Å². The number of piperazine rings is 1. The van der Waals surface area contributed by atoms with E-state index in [0.717, 1.165) is 37.7 Å². The number of imidazole rings is 1. The molecule has 4 rings (SSSR count). The van der Waals surface area contributed by atoms with E-state index in [1.807, 2.05) is 76.5 Å². The third-order valence-electron chi connectivity index (χ3n) is 5.67. The Balaban J connectivity index is 0.00000109. The minimum atomic E-state index is -0.321. The largest absolute Gasteiger partial charge is 0.352 e. The van der Waals surface area contributed by atoms with Gasteiger partial charge >= 0.3 is 0 Å². The van der Waals surface area contributed by atoms with Crippen molar-refractivity contribution in [3.8, 4) is 0 Å². The molecule has 1 saturated heterocycles. The maximum Gasteiger partial charge on any atom is 0.170 e. The first-order valence-corrected chi connectivity index (χ1v) is 13.4. The summed E-state index contributed by atoms with van der Waals surface area (Å²) < 4.78 is 17.0. The number of halogens is 2. The lowest BCUT2D eigenvalue weighted by Crippen LogP contribution is -2.45. The molecule has 8 heteroatoms. The fourth-order valence-corrected chi connectivity index (χ4v) is 4.07. The molecule has 0 unspecified atom stereocenters. The third kappa shape index (κ3) is 6.71. The number of alkyl halides is 1. The molecule has 2 aromatic heterocycles. The summed E-state index contributed by atoms with van der Waals surface area (Å²) in [4.78, 5) is 19.0. The zero-order valence-electron chi connectivity index (χ0n) is 22.7. The van der Waals surface area contributed by atoms with Gasteiger partial charge < -0.3 is 9.80 Å². The van der Waals surface area contributed by atoms with Crippen molar-refractivity contribution in [1.82, 2.24) is 24.4 Å². The molecule has 3 heterocycles. The highest BCUT2D eigenvalue weighted by Crippen LogP contribution is 2.34. The van der Waals surface area contributed by atoms with Crippen molar-refractivity contribution < 1.29 is 4.39 Å². The monoisotopic (exact) mass is 514 g/mol. The van der Waals surface area contributed by atoms with Crippen LogP contribution in [0.25, 0.3) is 22.4 Å². The van der Waals surface area contributed by atoms with Gasteiger partial charge in [-0.2, -0.15) is 0 Å². The molecule has 1 aliphatic carbocycles. The number of rotatable bonds is 5. The summed E-state index contributed by atoms with van der Waals surface area (Å²) in [6, 6.07) is 0. The Morgan fingerprint density at radius 3 is 2.42 bits per heavy atom. The average Bonchev–Trinajstić information content (AvgIpc) is 3.13. The van der Waals surface area contributed by atoms with E-state index >= 15 is 4.39 Å². The van der Waals surface area contributed by atoms with E-state index in [0.29, 0.717) is 40.7 Å². The van der Waals surface area contributed by atoms with E-state index in [2.05, 4.69) is 16.8 Å². The van der Waals surface area contributed by atoms with E-state index in [-0.39, 0.29) is 5.83 Å². The number of allylic oxidation sites excluding steroid dienone is 10. The molecule has 0 saturated carbocycles. The molecule has 0 amide bonds. The van der Waals surface area contributed by atoms with Crippen molar-refractivity contribution in [3.63, 3.8) is 0 Å². The highest BCUT2D eigenvalue weighted by Gasteiger charge is 2.26.